The van der Waals surface area contributed by atoms with Crippen LogP contribution in [0.25, 0.3) is 0 Å². The number of amides is 1. The van der Waals surface area contributed by atoms with Crippen LogP contribution >= 0.6 is 11.8 Å². The van der Waals surface area contributed by atoms with E-state index in [4.69, 9.17) is 4.42 Å². The largest absolute Gasteiger partial charge is 0.414 e. The van der Waals surface area contributed by atoms with Gasteiger partial charge in [0.05, 0.1) is 12.3 Å². The van der Waals surface area contributed by atoms with Gasteiger partial charge in [0.25, 0.3) is 5.22 Å². The summed E-state index contributed by atoms with van der Waals surface area (Å²) in [5.74, 6) is 0.569. The van der Waals surface area contributed by atoms with E-state index in [9.17, 15) is 9.18 Å². The van der Waals surface area contributed by atoms with Gasteiger partial charge < -0.3 is 14.6 Å². The summed E-state index contributed by atoms with van der Waals surface area (Å²) >= 11 is 1.26. The molecule has 24 heavy (non-hydrogen) atoms. The molecule has 0 spiro atoms. The minimum Gasteiger partial charge on any atom is -0.414 e. The molecule has 1 aliphatic heterocycles. The molecule has 0 unspecified atom stereocenters. The maximum atomic E-state index is 12.8. The van der Waals surface area contributed by atoms with Gasteiger partial charge in [-0.3, -0.25) is 4.79 Å². The van der Waals surface area contributed by atoms with Gasteiger partial charge in [0.1, 0.15) is 5.82 Å². The minimum absolute atomic E-state index is 0.115. The predicted octanol–water partition coefficient (Wildman–Crippen LogP) is 2.93. The van der Waals surface area contributed by atoms with Crippen LogP contribution in [0.15, 0.2) is 33.9 Å². The SMILES string of the molecule is O=C(CSc1nnc(CNc2ccc(F)cc2)o1)N1CCCCC1. The lowest BCUT2D eigenvalue weighted by molar-refractivity contribution is -0.129. The number of nitrogens with zero attached hydrogens (tertiary/aromatic N) is 3. The number of piperidine rings is 1. The van der Waals surface area contributed by atoms with Crippen molar-refractivity contribution < 1.29 is 13.6 Å². The van der Waals surface area contributed by atoms with Gasteiger partial charge >= 0.3 is 0 Å². The lowest BCUT2D eigenvalue weighted by atomic mass is 10.1. The number of aromatic nitrogens is 2. The smallest absolute Gasteiger partial charge is 0.277 e. The van der Waals surface area contributed by atoms with Gasteiger partial charge in [-0.15, -0.1) is 10.2 Å². The van der Waals surface area contributed by atoms with Crippen molar-refractivity contribution in [1.82, 2.24) is 15.1 Å². The second-order valence-corrected chi connectivity index (χ2v) is 6.48. The van der Waals surface area contributed by atoms with Gasteiger partial charge in [-0.2, -0.15) is 0 Å². The highest BCUT2D eigenvalue weighted by atomic mass is 32.2. The Labute approximate surface area is 143 Å². The molecule has 2 aromatic rings. The quantitative estimate of drug-likeness (QED) is 0.808. The Balaban J connectivity index is 1.44. The van der Waals surface area contributed by atoms with E-state index in [1.54, 1.807) is 12.1 Å². The summed E-state index contributed by atoms with van der Waals surface area (Å²) < 4.78 is 18.3. The lowest BCUT2D eigenvalue weighted by Gasteiger charge is -2.26. The number of hydrogen-bond acceptors (Lipinski definition) is 6. The van der Waals surface area contributed by atoms with Crippen LogP contribution in [-0.4, -0.2) is 39.8 Å². The summed E-state index contributed by atoms with van der Waals surface area (Å²) in [4.78, 5) is 14.0. The number of halogens is 1. The number of likely N-dealkylation sites (tertiary alicyclic amines) is 1. The van der Waals surface area contributed by atoms with Crippen LogP contribution in [0.2, 0.25) is 0 Å². The second-order valence-electron chi connectivity index (χ2n) is 5.55. The van der Waals surface area contributed by atoms with E-state index in [2.05, 4.69) is 15.5 Å². The van der Waals surface area contributed by atoms with E-state index in [0.717, 1.165) is 31.6 Å². The monoisotopic (exact) mass is 350 g/mol. The molecule has 1 aromatic carbocycles. The Kier molecular flexibility index (Phi) is 5.68. The van der Waals surface area contributed by atoms with Crippen LogP contribution in [0.4, 0.5) is 10.1 Å². The third-order valence-electron chi connectivity index (χ3n) is 3.76. The number of nitrogens with one attached hydrogen (secondary N) is 1. The molecule has 0 aliphatic carbocycles. The van der Waals surface area contributed by atoms with E-state index < -0.39 is 0 Å². The van der Waals surface area contributed by atoms with E-state index >= 15 is 0 Å². The first-order valence-electron chi connectivity index (χ1n) is 7.93. The first-order valence-corrected chi connectivity index (χ1v) is 8.92. The van der Waals surface area contributed by atoms with E-state index in [1.165, 1.54) is 30.3 Å². The highest BCUT2D eigenvalue weighted by Gasteiger charge is 2.17. The number of benzene rings is 1. The molecule has 0 radical (unpaired) electrons. The number of hydrogen-bond donors (Lipinski definition) is 1. The van der Waals surface area contributed by atoms with Gasteiger partial charge in [-0.25, -0.2) is 4.39 Å². The van der Waals surface area contributed by atoms with Crippen LogP contribution in [-0.2, 0) is 11.3 Å². The zero-order chi connectivity index (χ0) is 16.8. The van der Waals surface area contributed by atoms with Gasteiger partial charge in [0.2, 0.25) is 11.8 Å². The van der Waals surface area contributed by atoms with E-state index in [0.29, 0.717) is 23.4 Å². The zero-order valence-electron chi connectivity index (χ0n) is 13.2. The third-order valence-corrected chi connectivity index (χ3v) is 4.57. The van der Waals surface area contributed by atoms with E-state index in [-0.39, 0.29) is 11.7 Å². The molecule has 1 fully saturated rings. The summed E-state index contributed by atoms with van der Waals surface area (Å²) in [7, 11) is 0. The van der Waals surface area contributed by atoms with Gasteiger partial charge in [-0.05, 0) is 43.5 Å². The normalized spacial score (nSPS) is 14.6. The molecule has 0 bridgehead atoms. The molecule has 0 atom stereocenters. The number of rotatable bonds is 6. The molecular formula is C16H19FN4O2S. The van der Waals surface area contributed by atoms with Crippen LogP contribution in [0, 0.1) is 5.82 Å². The molecule has 0 saturated carbocycles. The summed E-state index contributed by atoms with van der Waals surface area (Å²) in [5, 5.41) is 11.3. The van der Waals surface area contributed by atoms with Crippen molar-refractivity contribution >= 4 is 23.4 Å². The van der Waals surface area contributed by atoms with Crippen molar-refractivity contribution in [3.05, 3.63) is 36.0 Å². The van der Waals surface area contributed by atoms with Crippen molar-refractivity contribution in [3.8, 4) is 0 Å². The standard InChI is InChI=1S/C16H19FN4O2S/c17-12-4-6-13(7-5-12)18-10-14-19-20-16(23-14)24-11-15(22)21-8-2-1-3-9-21/h4-7,18H,1-3,8-11H2. The lowest BCUT2D eigenvalue weighted by Crippen LogP contribution is -2.36. The molecule has 1 N–H and O–H groups in total. The highest BCUT2D eigenvalue weighted by Crippen LogP contribution is 2.19. The fraction of sp³-hybridized carbons (Fsp3) is 0.438. The zero-order valence-corrected chi connectivity index (χ0v) is 14.0. The molecule has 1 aliphatic rings. The van der Waals surface area contributed by atoms with Crippen molar-refractivity contribution in [3.63, 3.8) is 0 Å². The van der Waals surface area contributed by atoms with Crippen LogP contribution in [0.3, 0.4) is 0 Å². The molecular weight excluding hydrogens is 331 g/mol. The molecule has 1 aromatic heterocycles. The Morgan fingerprint density at radius 2 is 1.96 bits per heavy atom. The Morgan fingerprint density at radius 3 is 2.71 bits per heavy atom. The molecule has 2 heterocycles. The average molecular weight is 350 g/mol. The van der Waals surface area contributed by atoms with Crippen LogP contribution in [0.5, 0.6) is 0 Å². The Hall–Kier alpha value is -2.09. The minimum atomic E-state index is -0.282. The molecule has 128 valence electrons. The van der Waals surface area contributed by atoms with Gasteiger partial charge in [0.15, 0.2) is 0 Å². The Morgan fingerprint density at radius 1 is 1.21 bits per heavy atom. The van der Waals surface area contributed by atoms with E-state index in [1.807, 2.05) is 4.90 Å². The fourth-order valence-corrected chi connectivity index (χ4v) is 3.15. The van der Waals surface area contributed by atoms with Crippen molar-refractivity contribution in [1.29, 1.82) is 0 Å². The maximum Gasteiger partial charge on any atom is 0.277 e. The second kappa shape index (κ2) is 8.14. The summed E-state index contributed by atoms with van der Waals surface area (Å²) in [6, 6.07) is 6.03. The number of carbonyl (C=O) groups excluding carboxylic acids is 1. The van der Waals surface area contributed by atoms with Gasteiger partial charge in [-0.1, -0.05) is 11.8 Å². The fourth-order valence-electron chi connectivity index (χ4n) is 2.47. The van der Waals surface area contributed by atoms with Crippen LogP contribution < -0.4 is 5.32 Å². The van der Waals surface area contributed by atoms with Crippen LogP contribution in [0.1, 0.15) is 25.2 Å². The highest BCUT2D eigenvalue weighted by molar-refractivity contribution is 7.99. The average Bonchev–Trinajstić information content (AvgIpc) is 3.08. The summed E-state index contributed by atoms with van der Waals surface area (Å²) in [5.41, 5.74) is 0.768. The maximum absolute atomic E-state index is 12.8. The van der Waals surface area contributed by atoms with Crippen molar-refractivity contribution in [2.45, 2.75) is 31.0 Å². The van der Waals surface area contributed by atoms with Crippen molar-refractivity contribution in [2.75, 3.05) is 24.2 Å². The summed E-state index contributed by atoms with van der Waals surface area (Å²) in [6.07, 6.45) is 3.36. The predicted molar refractivity (Wildman–Crippen MR) is 89.2 cm³/mol. The number of anilines is 1. The first-order chi connectivity index (χ1) is 11.7. The molecule has 1 amide bonds. The van der Waals surface area contributed by atoms with Crippen molar-refractivity contribution in [2.24, 2.45) is 0 Å². The Bertz CT molecular complexity index is 671. The third kappa shape index (κ3) is 4.70. The molecule has 3 rings (SSSR count). The molecule has 8 heteroatoms. The molecule has 6 nitrogen and oxygen atoms in total. The van der Waals surface area contributed by atoms with Gasteiger partial charge in [0, 0.05) is 18.8 Å². The number of carbonyl (C=O) groups is 1. The molecule has 1 saturated heterocycles. The summed E-state index contributed by atoms with van der Waals surface area (Å²) in [6.45, 7) is 2.03. The first kappa shape index (κ1) is 16.8. The number of thioether (sulfide) groups is 1. The topological polar surface area (TPSA) is 71.3 Å².